The molecule has 0 aromatic heterocycles. The van der Waals surface area contributed by atoms with E-state index in [4.69, 9.17) is 0 Å². The second-order valence-electron chi connectivity index (χ2n) is 6.87. The Morgan fingerprint density at radius 2 is 0.875 bits per heavy atom. The molecular weight excluding hydrogens is 192 g/mol. The Kier molecular flexibility index (Phi) is 3.54. The van der Waals surface area contributed by atoms with Crippen molar-refractivity contribution in [2.45, 2.75) is 77.0 Å². The Hall–Kier alpha value is 0. The fourth-order valence-electron chi connectivity index (χ4n) is 4.86. The highest BCUT2D eigenvalue weighted by atomic mass is 14.4. The molecule has 0 heterocycles. The van der Waals surface area contributed by atoms with Gasteiger partial charge in [-0.2, -0.15) is 0 Å². The van der Waals surface area contributed by atoms with Gasteiger partial charge in [-0.3, -0.25) is 0 Å². The first-order valence-corrected chi connectivity index (χ1v) is 7.92. The van der Waals surface area contributed by atoms with E-state index in [1.165, 1.54) is 0 Å². The molecule has 0 aromatic carbocycles. The Morgan fingerprint density at radius 3 is 1.38 bits per heavy atom. The number of hydrogen-bond acceptors (Lipinski definition) is 0. The van der Waals surface area contributed by atoms with E-state index in [1.54, 1.807) is 77.0 Å². The van der Waals surface area contributed by atoms with Crippen molar-refractivity contribution < 1.29 is 0 Å². The van der Waals surface area contributed by atoms with E-state index in [9.17, 15) is 0 Å². The molecule has 0 aliphatic heterocycles. The molecule has 0 amide bonds. The van der Waals surface area contributed by atoms with Gasteiger partial charge in [0, 0.05) is 0 Å². The lowest BCUT2D eigenvalue weighted by Crippen LogP contribution is -2.28. The SMILES string of the molecule is C1CC[C@@H]2CC[C@@H]3CCCC[C@@H](C2)C(C1)C3. The maximum absolute atomic E-state index is 1.61. The van der Waals surface area contributed by atoms with Crippen LogP contribution in [0, 0.1) is 23.7 Å². The molecule has 4 bridgehead atoms. The summed E-state index contributed by atoms with van der Waals surface area (Å²) in [5.74, 6) is 4.50. The van der Waals surface area contributed by atoms with Gasteiger partial charge >= 0.3 is 0 Å². The van der Waals surface area contributed by atoms with Crippen LogP contribution in [0.25, 0.3) is 0 Å². The highest BCUT2D eigenvalue weighted by Gasteiger charge is 2.32. The smallest absolute Gasteiger partial charge is 0.0383 e. The summed E-state index contributed by atoms with van der Waals surface area (Å²) in [6.45, 7) is 0. The minimum atomic E-state index is 1.12. The van der Waals surface area contributed by atoms with Crippen LogP contribution in [0.2, 0.25) is 0 Å². The zero-order chi connectivity index (χ0) is 10.8. The molecule has 0 saturated heterocycles. The van der Waals surface area contributed by atoms with Crippen molar-refractivity contribution in [3.05, 3.63) is 0 Å². The fraction of sp³-hybridized carbons (Fsp3) is 1.00. The zero-order valence-electron chi connectivity index (χ0n) is 10.8. The van der Waals surface area contributed by atoms with Crippen molar-refractivity contribution in [2.24, 2.45) is 23.7 Å². The Morgan fingerprint density at radius 1 is 0.438 bits per heavy atom. The molecule has 1 unspecified atom stereocenters. The molecular formula is C16H28. The van der Waals surface area contributed by atoms with Gasteiger partial charge in [-0.05, 0) is 36.5 Å². The van der Waals surface area contributed by atoms with Crippen molar-refractivity contribution in [1.82, 2.24) is 0 Å². The molecule has 3 aliphatic rings. The fourth-order valence-corrected chi connectivity index (χ4v) is 4.86. The van der Waals surface area contributed by atoms with Gasteiger partial charge in [-0.15, -0.1) is 0 Å². The van der Waals surface area contributed by atoms with Crippen molar-refractivity contribution in [3.63, 3.8) is 0 Å². The molecule has 3 rings (SSSR count). The maximum Gasteiger partial charge on any atom is -0.0383 e. The molecule has 0 nitrogen and oxygen atoms in total. The van der Waals surface area contributed by atoms with Crippen LogP contribution in [0.3, 0.4) is 0 Å². The minimum absolute atomic E-state index is 1.12. The molecule has 0 N–H and O–H groups in total. The molecule has 4 atom stereocenters. The van der Waals surface area contributed by atoms with Crippen LogP contribution in [-0.2, 0) is 0 Å². The van der Waals surface area contributed by atoms with Crippen LogP contribution in [0.15, 0.2) is 0 Å². The summed E-state index contributed by atoms with van der Waals surface area (Å²) >= 11 is 0. The summed E-state index contributed by atoms with van der Waals surface area (Å²) in [7, 11) is 0. The van der Waals surface area contributed by atoms with Crippen molar-refractivity contribution in [1.29, 1.82) is 0 Å². The van der Waals surface area contributed by atoms with E-state index in [1.807, 2.05) is 0 Å². The Labute approximate surface area is 101 Å². The van der Waals surface area contributed by atoms with Gasteiger partial charge in [-0.25, -0.2) is 0 Å². The average Bonchev–Trinajstić information content (AvgIpc) is 2.26. The zero-order valence-corrected chi connectivity index (χ0v) is 10.8. The average molecular weight is 220 g/mol. The second kappa shape index (κ2) is 5.10. The number of hydrogen-bond donors (Lipinski definition) is 0. The first-order valence-electron chi connectivity index (χ1n) is 7.92. The van der Waals surface area contributed by atoms with E-state index in [2.05, 4.69) is 0 Å². The van der Waals surface area contributed by atoms with Crippen LogP contribution in [0.5, 0.6) is 0 Å². The first kappa shape index (κ1) is 11.1. The topological polar surface area (TPSA) is 0 Å². The molecule has 0 radical (unpaired) electrons. The van der Waals surface area contributed by atoms with Crippen molar-refractivity contribution in [2.75, 3.05) is 0 Å². The molecule has 0 heteroatoms. The summed E-state index contributed by atoms with van der Waals surface area (Å²) in [5.41, 5.74) is 0. The predicted molar refractivity (Wildman–Crippen MR) is 69.4 cm³/mol. The van der Waals surface area contributed by atoms with E-state index >= 15 is 0 Å². The van der Waals surface area contributed by atoms with Crippen molar-refractivity contribution >= 4 is 0 Å². The first-order chi connectivity index (χ1) is 7.92. The van der Waals surface area contributed by atoms with Gasteiger partial charge in [0.1, 0.15) is 0 Å². The Balaban J connectivity index is 1.79. The van der Waals surface area contributed by atoms with Crippen molar-refractivity contribution in [3.8, 4) is 0 Å². The van der Waals surface area contributed by atoms with Gasteiger partial charge in [0.05, 0.1) is 0 Å². The highest BCUT2D eigenvalue weighted by Crippen LogP contribution is 2.45. The number of rotatable bonds is 0. The van der Waals surface area contributed by atoms with Crippen LogP contribution in [0.1, 0.15) is 77.0 Å². The minimum Gasteiger partial charge on any atom is -0.0530 e. The standard InChI is InChI=1S/C16H28/c1-3-7-15-12-14-6-2-4-8-16(15)11-13(5-1)9-10-14/h13-16H,1-12H2/t13-,14+,15-,16?/m0/s1. The van der Waals surface area contributed by atoms with E-state index in [0.29, 0.717) is 0 Å². The summed E-state index contributed by atoms with van der Waals surface area (Å²) in [6.07, 6.45) is 18.8. The monoisotopic (exact) mass is 220 g/mol. The molecule has 0 spiro atoms. The summed E-state index contributed by atoms with van der Waals surface area (Å²) in [6, 6.07) is 0. The maximum atomic E-state index is 1.61. The van der Waals surface area contributed by atoms with Crippen LogP contribution < -0.4 is 0 Å². The highest BCUT2D eigenvalue weighted by molar-refractivity contribution is 4.84. The third-order valence-corrected chi connectivity index (χ3v) is 5.80. The predicted octanol–water partition coefficient (Wildman–Crippen LogP) is 5.17. The molecule has 3 saturated carbocycles. The van der Waals surface area contributed by atoms with Crippen LogP contribution >= 0.6 is 0 Å². The molecule has 3 aliphatic carbocycles. The molecule has 0 aromatic rings. The van der Waals surface area contributed by atoms with Gasteiger partial charge in [0.15, 0.2) is 0 Å². The van der Waals surface area contributed by atoms with E-state index in [0.717, 1.165) is 23.7 Å². The van der Waals surface area contributed by atoms with Gasteiger partial charge in [0.2, 0.25) is 0 Å². The van der Waals surface area contributed by atoms with Gasteiger partial charge in [0.25, 0.3) is 0 Å². The van der Waals surface area contributed by atoms with Gasteiger partial charge in [-0.1, -0.05) is 64.2 Å². The molecule has 3 fully saturated rings. The third-order valence-electron chi connectivity index (χ3n) is 5.80. The quantitative estimate of drug-likeness (QED) is 0.528. The number of fused-ring (bicyclic) bond motifs is 2. The summed E-state index contributed by atoms with van der Waals surface area (Å²) in [5, 5.41) is 0. The summed E-state index contributed by atoms with van der Waals surface area (Å²) in [4.78, 5) is 0. The Bertz CT molecular complexity index is 196. The lowest BCUT2D eigenvalue weighted by atomic mass is 9.66. The van der Waals surface area contributed by atoms with E-state index < -0.39 is 0 Å². The third kappa shape index (κ3) is 2.46. The summed E-state index contributed by atoms with van der Waals surface area (Å²) < 4.78 is 0. The lowest BCUT2D eigenvalue weighted by Gasteiger charge is -2.40. The second-order valence-corrected chi connectivity index (χ2v) is 6.87. The normalized spacial score (nSPS) is 45.0. The van der Waals surface area contributed by atoms with Gasteiger partial charge < -0.3 is 0 Å². The van der Waals surface area contributed by atoms with Crippen LogP contribution in [0.4, 0.5) is 0 Å². The largest absolute Gasteiger partial charge is 0.0530 e. The molecule has 92 valence electrons. The lowest BCUT2D eigenvalue weighted by molar-refractivity contribution is 0.117. The molecule has 16 heavy (non-hydrogen) atoms. The van der Waals surface area contributed by atoms with Crippen LogP contribution in [-0.4, -0.2) is 0 Å². The van der Waals surface area contributed by atoms with E-state index in [-0.39, 0.29) is 0 Å².